The lowest BCUT2D eigenvalue weighted by molar-refractivity contribution is 0.413. The summed E-state index contributed by atoms with van der Waals surface area (Å²) < 4.78 is 5.60. The van der Waals surface area contributed by atoms with E-state index in [0.717, 1.165) is 31.9 Å². The summed E-state index contributed by atoms with van der Waals surface area (Å²) in [6.07, 6.45) is 7.14. The van der Waals surface area contributed by atoms with Crippen molar-refractivity contribution in [2.24, 2.45) is 0 Å². The SMILES string of the molecule is C=CCNCc1ccc(N2CCCCCC2)c(OC)c1. The van der Waals surface area contributed by atoms with Crippen molar-refractivity contribution >= 4 is 5.69 Å². The molecule has 0 amide bonds. The van der Waals surface area contributed by atoms with Gasteiger partial charge in [0.1, 0.15) is 5.75 Å². The number of nitrogens with zero attached hydrogens (tertiary/aromatic N) is 1. The van der Waals surface area contributed by atoms with Gasteiger partial charge in [0.25, 0.3) is 0 Å². The van der Waals surface area contributed by atoms with Crippen LogP contribution in [0.1, 0.15) is 31.2 Å². The van der Waals surface area contributed by atoms with Crippen molar-refractivity contribution in [3.8, 4) is 5.75 Å². The Bertz CT molecular complexity index is 423. The van der Waals surface area contributed by atoms with Crippen LogP contribution in [-0.2, 0) is 6.54 Å². The van der Waals surface area contributed by atoms with Crippen LogP contribution in [0.4, 0.5) is 5.69 Å². The summed E-state index contributed by atoms with van der Waals surface area (Å²) in [4.78, 5) is 2.47. The first-order valence-corrected chi connectivity index (χ1v) is 7.58. The minimum absolute atomic E-state index is 0.830. The number of hydrogen-bond donors (Lipinski definition) is 1. The van der Waals surface area contributed by atoms with Crippen LogP contribution in [-0.4, -0.2) is 26.7 Å². The van der Waals surface area contributed by atoms with Crippen LogP contribution in [0.5, 0.6) is 5.75 Å². The van der Waals surface area contributed by atoms with Gasteiger partial charge in [0, 0.05) is 26.2 Å². The maximum Gasteiger partial charge on any atom is 0.142 e. The predicted molar refractivity (Wildman–Crippen MR) is 85.6 cm³/mol. The molecule has 0 atom stereocenters. The number of anilines is 1. The Morgan fingerprint density at radius 1 is 1.25 bits per heavy atom. The first-order chi connectivity index (χ1) is 9.85. The Hall–Kier alpha value is -1.48. The van der Waals surface area contributed by atoms with E-state index in [1.54, 1.807) is 7.11 Å². The van der Waals surface area contributed by atoms with Crippen molar-refractivity contribution in [3.05, 3.63) is 36.4 Å². The highest BCUT2D eigenvalue weighted by Gasteiger charge is 2.14. The number of benzene rings is 1. The summed E-state index contributed by atoms with van der Waals surface area (Å²) in [5.41, 5.74) is 2.49. The standard InChI is InChI=1S/C17H26N2O/c1-3-10-18-14-15-8-9-16(17(13-15)20-2)19-11-6-4-5-7-12-19/h3,8-9,13,18H,1,4-7,10-12,14H2,2H3. The molecule has 1 saturated heterocycles. The molecule has 0 saturated carbocycles. The van der Waals surface area contributed by atoms with E-state index in [1.807, 2.05) is 6.08 Å². The van der Waals surface area contributed by atoms with Crippen LogP contribution < -0.4 is 15.0 Å². The zero-order valence-corrected chi connectivity index (χ0v) is 12.5. The van der Waals surface area contributed by atoms with Gasteiger partial charge < -0.3 is 15.0 Å². The quantitative estimate of drug-likeness (QED) is 0.636. The van der Waals surface area contributed by atoms with Crippen LogP contribution in [0.3, 0.4) is 0 Å². The lowest BCUT2D eigenvalue weighted by Crippen LogP contribution is -2.24. The van der Waals surface area contributed by atoms with Gasteiger partial charge in [0.05, 0.1) is 12.8 Å². The van der Waals surface area contributed by atoms with Gasteiger partial charge in [-0.05, 0) is 30.5 Å². The second kappa shape index (κ2) is 7.95. The average Bonchev–Trinajstić information content (AvgIpc) is 2.76. The van der Waals surface area contributed by atoms with Crippen LogP contribution in [0.15, 0.2) is 30.9 Å². The van der Waals surface area contributed by atoms with Gasteiger partial charge >= 0.3 is 0 Å². The van der Waals surface area contributed by atoms with Crippen molar-refractivity contribution in [3.63, 3.8) is 0 Å². The lowest BCUT2D eigenvalue weighted by Gasteiger charge is -2.25. The molecule has 0 unspecified atom stereocenters. The van der Waals surface area contributed by atoms with Crippen molar-refractivity contribution < 1.29 is 4.74 Å². The maximum atomic E-state index is 5.60. The van der Waals surface area contributed by atoms with E-state index in [0.29, 0.717) is 0 Å². The number of nitrogens with one attached hydrogen (secondary N) is 1. The molecule has 3 heteroatoms. The van der Waals surface area contributed by atoms with Gasteiger partial charge in [-0.2, -0.15) is 0 Å². The van der Waals surface area contributed by atoms with Gasteiger partial charge in [0.2, 0.25) is 0 Å². The van der Waals surface area contributed by atoms with Crippen LogP contribution in [0.25, 0.3) is 0 Å². The largest absolute Gasteiger partial charge is 0.495 e. The van der Waals surface area contributed by atoms with E-state index >= 15 is 0 Å². The molecule has 1 aromatic carbocycles. The lowest BCUT2D eigenvalue weighted by atomic mass is 10.1. The van der Waals surface area contributed by atoms with Crippen molar-refractivity contribution in [2.75, 3.05) is 31.6 Å². The molecular weight excluding hydrogens is 248 g/mol. The molecule has 20 heavy (non-hydrogen) atoms. The van der Waals surface area contributed by atoms with E-state index in [-0.39, 0.29) is 0 Å². The monoisotopic (exact) mass is 274 g/mol. The summed E-state index contributed by atoms with van der Waals surface area (Å²) in [7, 11) is 1.76. The fraction of sp³-hybridized carbons (Fsp3) is 0.529. The summed E-state index contributed by atoms with van der Waals surface area (Å²) in [6, 6.07) is 6.55. The third kappa shape index (κ3) is 4.01. The van der Waals surface area contributed by atoms with Crippen LogP contribution in [0, 0.1) is 0 Å². The van der Waals surface area contributed by atoms with Crippen molar-refractivity contribution in [1.29, 1.82) is 0 Å². The highest BCUT2D eigenvalue weighted by molar-refractivity contribution is 5.60. The zero-order chi connectivity index (χ0) is 14.2. The van der Waals surface area contributed by atoms with Crippen LogP contribution >= 0.6 is 0 Å². The molecule has 2 rings (SSSR count). The van der Waals surface area contributed by atoms with E-state index in [1.165, 1.54) is 36.9 Å². The van der Waals surface area contributed by atoms with Gasteiger partial charge in [0.15, 0.2) is 0 Å². The molecule has 0 aromatic heterocycles. The smallest absolute Gasteiger partial charge is 0.142 e. The second-order valence-corrected chi connectivity index (χ2v) is 5.33. The highest BCUT2D eigenvalue weighted by Crippen LogP contribution is 2.31. The second-order valence-electron chi connectivity index (χ2n) is 5.33. The summed E-state index contributed by atoms with van der Waals surface area (Å²) in [5.74, 6) is 0.991. The number of hydrogen-bond acceptors (Lipinski definition) is 3. The van der Waals surface area contributed by atoms with Gasteiger partial charge in [-0.25, -0.2) is 0 Å². The molecule has 0 aliphatic carbocycles. The Morgan fingerprint density at radius 3 is 2.65 bits per heavy atom. The normalized spacial score (nSPS) is 15.8. The van der Waals surface area contributed by atoms with Gasteiger partial charge in [-0.3, -0.25) is 0 Å². The van der Waals surface area contributed by atoms with E-state index in [4.69, 9.17) is 4.74 Å². The topological polar surface area (TPSA) is 24.5 Å². The number of ether oxygens (including phenoxy) is 1. The summed E-state index contributed by atoms with van der Waals surface area (Å²) in [6.45, 7) is 7.68. The van der Waals surface area contributed by atoms with Crippen LogP contribution in [0.2, 0.25) is 0 Å². The van der Waals surface area contributed by atoms with Crippen molar-refractivity contribution in [1.82, 2.24) is 5.32 Å². The first kappa shape index (κ1) is 14.9. The van der Waals surface area contributed by atoms with Gasteiger partial charge in [-0.1, -0.05) is 25.0 Å². The fourth-order valence-corrected chi connectivity index (χ4v) is 2.72. The minimum Gasteiger partial charge on any atom is -0.495 e. The van der Waals surface area contributed by atoms with E-state index in [2.05, 4.69) is 35.0 Å². The third-order valence-electron chi connectivity index (χ3n) is 3.81. The molecule has 0 bridgehead atoms. The molecule has 3 nitrogen and oxygen atoms in total. The van der Waals surface area contributed by atoms with Crippen molar-refractivity contribution in [2.45, 2.75) is 32.2 Å². The molecule has 1 aliphatic heterocycles. The number of methoxy groups -OCH3 is 1. The molecule has 0 spiro atoms. The molecule has 1 fully saturated rings. The Balaban J connectivity index is 2.09. The zero-order valence-electron chi connectivity index (χ0n) is 12.5. The highest BCUT2D eigenvalue weighted by atomic mass is 16.5. The number of rotatable bonds is 6. The predicted octanol–water partition coefficient (Wildman–Crippen LogP) is 3.35. The molecular formula is C17H26N2O. The molecule has 1 aromatic rings. The first-order valence-electron chi connectivity index (χ1n) is 7.58. The van der Waals surface area contributed by atoms with Gasteiger partial charge in [-0.15, -0.1) is 6.58 Å². The van der Waals surface area contributed by atoms with E-state index in [9.17, 15) is 0 Å². The minimum atomic E-state index is 0.830. The molecule has 1 heterocycles. The maximum absolute atomic E-state index is 5.60. The average molecular weight is 274 g/mol. The molecule has 1 aliphatic rings. The Morgan fingerprint density at radius 2 is 2.00 bits per heavy atom. The third-order valence-corrected chi connectivity index (χ3v) is 3.81. The molecule has 110 valence electrons. The fourth-order valence-electron chi connectivity index (χ4n) is 2.72. The summed E-state index contributed by atoms with van der Waals surface area (Å²) >= 11 is 0. The Kier molecular flexibility index (Phi) is 5.93. The Labute approximate surface area is 122 Å². The van der Waals surface area contributed by atoms with E-state index < -0.39 is 0 Å². The molecule has 0 radical (unpaired) electrons. The summed E-state index contributed by atoms with van der Waals surface area (Å²) in [5, 5.41) is 3.32. The molecule has 1 N–H and O–H groups in total.